The maximum absolute atomic E-state index is 4.52. The van der Waals surface area contributed by atoms with Crippen molar-refractivity contribution in [1.29, 1.82) is 0 Å². The van der Waals surface area contributed by atoms with Crippen LogP contribution < -0.4 is 5.32 Å². The van der Waals surface area contributed by atoms with Crippen molar-refractivity contribution in [3.8, 4) is 11.3 Å². The van der Waals surface area contributed by atoms with Crippen molar-refractivity contribution in [2.24, 2.45) is 0 Å². The minimum Gasteiger partial charge on any atom is -0.307 e. The van der Waals surface area contributed by atoms with Crippen LogP contribution in [0.15, 0.2) is 30.3 Å². The SMILES string of the molecule is Cc1[nH]nc(-c2ccccc2)c1C1CCCC(C)N1. The van der Waals surface area contributed by atoms with Crippen LogP contribution in [0.2, 0.25) is 0 Å². The Labute approximate surface area is 114 Å². The molecule has 3 rings (SSSR count). The molecule has 1 fully saturated rings. The molecule has 1 aromatic heterocycles. The Balaban J connectivity index is 1.99. The lowest BCUT2D eigenvalue weighted by molar-refractivity contribution is 0.341. The molecule has 3 nitrogen and oxygen atoms in total. The lowest BCUT2D eigenvalue weighted by Crippen LogP contribution is -2.34. The summed E-state index contributed by atoms with van der Waals surface area (Å²) in [5, 5.41) is 11.4. The van der Waals surface area contributed by atoms with Gasteiger partial charge in [-0.15, -0.1) is 0 Å². The number of rotatable bonds is 2. The third kappa shape index (κ3) is 2.43. The number of hydrogen-bond acceptors (Lipinski definition) is 2. The lowest BCUT2D eigenvalue weighted by atomic mass is 9.91. The molecule has 2 N–H and O–H groups in total. The number of H-pyrrole nitrogens is 1. The second-order valence-corrected chi connectivity index (χ2v) is 5.53. The average molecular weight is 255 g/mol. The van der Waals surface area contributed by atoms with E-state index >= 15 is 0 Å². The predicted molar refractivity (Wildman–Crippen MR) is 78.0 cm³/mol. The Morgan fingerprint density at radius 1 is 1.16 bits per heavy atom. The summed E-state index contributed by atoms with van der Waals surface area (Å²) in [6.07, 6.45) is 3.76. The Morgan fingerprint density at radius 3 is 2.68 bits per heavy atom. The van der Waals surface area contributed by atoms with E-state index in [0.29, 0.717) is 12.1 Å². The molecule has 0 spiro atoms. The molecule has 2 unspecified atom stereocenters. The average Bonchev–Trinajstić information content (AvgIpc) is 2.82. The molecule has 100 valence electrons. The molecule has 2 aromatic rings. The summed E-state index contributed by atoms with van der Waals surface area (Å²) >= 11 is 0. The van der Waals surface area contributed by atoms with Crippen molar-refractivity contribution in [2.75, 3.05) is 0 Å². The molecular weight excluding hydrogens is 234 g/mol. The lowest BCUT2D eigenvalue weighted by Gasteiger charge is -2.29. The number of aromatic amines is 1. The standard InChI is InChI=1S/C16H21N3/c1-11-7-6-10-14(17-11)15-12(2)18-19-16(15)13-8-4-3-5-9-13/h3-5,8-9,11,14,17H,6-7,10H2,1-2H3,(H,18,19). The molecule has 2 heterocycles. The van der Waals surface area contributed by atoms with Gasteiger partial charge >= 0.3 is 0 Å². The fourth-order valence-electron chi connectivity index (χ4n) is 3.05. The van der Waals surface area contributed by atoms with Gasteiger partial charge in [0.1, 0.15) is 0 Å². The van der Waals surface area contributed by atoms with E-state index in [1.807, 2.05) is 6.07 Å². The van der Waals surface area contributed by atoms with Gasteiger partial charge in [-0.1, -0.05) is 36.8 Å². The number of aromatic nitrogens is 2. The minimum atomic E-state index is 0.428. The van der Waals surface area contributed by atoms with Gasteiger partial charge in [0.25, 0.3) is 0 Å². The maximum atomic E-state index is 4.52. The summed E-state index contributed by atoms with van der Waals surface area (Å²) in [6.45, 7) is 4.39. The van der Waals surface area contributed by atoms with Crippen LogP contribution >= 0.6 is 0 Å². The van der Waals surface area contributed by atoms with Gasteiger partial charge in [-0.2, -0.15) is 5.10 Å². The molecule has 1 saturated heterocycles. The second kappa shape index (κ2) is 5.17. The molecule has 0 radical (unpaired) electrons. The normalized spacial score (nSPS) is 23.5. The van der Waals surface area contributed by atoms with E-state index in [4.69, 9.17) is 0 Å². The second-order valence-electron chi connectivity index (χ2n) is 5.53. The third-order valence-electron chi connectivity index (χ3n) is 4.01. The molecule has 0 bridgehead atoms. The van der Waals surface area contributed by atoms with E-state index in [2.05, 4.69) is 53.6 Å². The largest absolute Gasteiger partial charge is 0.307 e. The van der Waals surface area contributed by atoms with Gasteiger partial charge in [-0.3, -0.25) is 5.10 Å². The van der Waals surface area contributed by atoms with Gasteiger partial charge in [0, 0.05) is 28.9 Å². The third-order valence-corrected chi connectivity index (χ3v) is 4.01. The zero-order valence-electron chi connectivity index (χ0n) is 11.6. The van der Waals surface area contributed by atoms with E-state index in [0.717, 1.165) is 5.69 Å². The molecule has 0 saturated carbocycles. The van der Waals surface area contributed by atoms with E-state index in [-0.39, 0.29) is 0 Å². The molecule has 0 amide bonds. The highest BCUT2D eigenvalue weighted by atomic mass is 15.1. The van der Waals surface area contributed by atoms with E-state index in [1.54, 1.807) is 0 Å². The van der Waals surface area contributed by atoms with Crippen molar-refractivity contribution in [2.45, 2.75) is 45.2 Å². The fraction of sp³-hybridized carbons (Fsp3) is 0.438. The highest BCUT2D eigenvalue weighted by Crippen LogP contribution is 2.33. The van der Waals surface area contributed by atoms with Crippen LogP contribution in [0.1, 0.15) is 43.5 Å². The summed E-state index contributed by atoms with van der Waals surface area (Å²) in [5.74, 6) is 0. The first-order chi connectivity index (χ1) is 9.25. The summed E-state index contributed by atoms with van der Waals surface area (Å²) < 4.78 is 0. The van der Waals surface area contributed by atoms with E-state index in [1.165, 1.54) is 36.1 Å². The van der Waals surface area contributed by atoms with Crippen molar-refractivity contribution < 1.29 is 0 Å². The first kappa shape index (κ1) is 12.4. The minimum absolute atomic E-state index is 0.428. The van der Waals surface area contributed by atoms with Crippen LogP contribution in [0.4, 0.5) is 0 Å². The van der Waals surface area contributed by atoms with Gasteiger partial charge in [0.05, 0.1) is 5.69 Å². The van der Waals surface area contributed by atoms with Crippen LogP contribution in [0.5, 0.6) is 0 Å². The zero-order valence-corrected chi connectivity index (χ0v) is 11.6. The van der Waals surface area contributed by atoms with Crippen LogP contribution in [-0.2, 0) is 0 Å². The van der Waals surface area contributed by atoms with Crippen molar-refractivity contribution in [1.82, 2.24) is 15.5 Å². The monoisotopic (exact) mass is 255 g/mol. The Bertz CT molecular complexity index is 544. The number of piperidine rings is 1. The number of benzene rings is 1. The van der Waals surface area contributed by atoms with Gasteiger partial charge < -0.3 is 5.32 Å². The first-order valence-electron chi connectivity index (χ1n) is 7.12. The quantitative estimate of drug-likeness (QED) is 0.861. The summed E-state index contributed by atoms with van der Waals surface area (Å²) in [6, 6.07) is 11.5. The molecule has 0 aliphatic carbocycles. The highest BCUT2D eigenvalue weighted by Gasteiger charge is 2.25. The van der Waals surface area contributed by atoms with Gasteiger partial charge in [0.2, 0.25) is 0 Å². The maximum Gasteiger partial charge on any atom is 0.0971 e. The van der Waals surface area contributed by atoms with E-state index < -0.39 is 0 Å². The van der Waals surface area contributed by atoms with Crippen molar-refractivity contribution >= 4 is 0 Å². The molecule has 2 atom stereocenters. The summed E-state index contributed by atoms with van der Waals surface area (Å²) in [7, 11) is 0. The van der Waals surface area contributed by atoms with Gasteiger partial charge in [-0.05, 0) is 26.7 Å². The molecule has 19 heavy (non-hydrogen) atoms. The van der Waals surface area contributed by atoms with Crippen LogP contribution in [-0.4, -0.2) is 16.2 Å². The molecule has 1 aliphatic rings. The van der Waals surface area contributed by atoms with E-state index in [9.17, 15) is 0 Å². The number of nitrogens with zero attached hydrogens (tertiary/aromatic N) is 1. The summed E-state index contributed by atoms with van der Waals surface area (Å²) in [4.78, 5) is 0. The molecule has 1 aliphatic heterocycles. The van der Waals surface area contributed by atoms with Crippen LogP contribution in [0, 0.1) is 6.92 Å². The van der Waals surface area contributed by atoms with Crippen LogP contribution in [0.3, 0.4) is 0 Å². The topological polar surface area (TPSA) is 40.7 Å². The number of nitrogens with one attached hydrogen (secondary N) is 2. The fourth-order valence-corrected chi connectivity index (χ4v) is 3.05. The Morgan fingerprint density at radius 2 is 1.95 bits per heavy atom. The Kier molecular flexibility index (Phi) is 3.38. The van der Waals surface area contributed by atoms with Gasteiger partial charge in [-0.25, -0.2) is 0 Å². The zero-order chi connectivity index (χ0) is 13.2. The van der Waals surface area contributed by atoms with Crippen molar-refractivity contribution in [3.63, 3.8) is 0 Å². The number of hydrogen-bond donors (Lipinski definition) is 2. The molecule has 1 aromatic carbocycles. The van der Waals surface area contributed by atoms with Crippen molar-refractivity contribution in [3.05, 3.63) is 41.6 Å². The Hall–Kier alpha value is -1.61. The predicted octanol–water partition coefficient (Wildman–Crippen LogP) is 3.59. The smallest absolute Gasteiger partial charge is 0.0971 e. The first-order valence-corrected chi connectivity index (χ1v) is 7.12. The van der Waals surface area contributed by atoms with Gasteiger partial charge in [0.15, 0.2) is 0 Å². The molecular formula is C16H21N3. The highest BCUT2D eigenvalue weighted by molar-refractivity contribution is 5.64. The summed E-state index contributed by atoms with van der Waals surface area (Å²) in [5.41, 5.74) is 4.83. The van der Waals surface area contributed by atoms with Crippen LogP contribution in [0.25, 0.3) is 11.3 Å². The number of aryl methyl sites for hydroxylation is 1. The molecule has 3 heteroatoms.